The summed E-state index contributed by atoms with van der Waals surface area (Å²) in [5.74, 6) is 0. The van der Waals surface area contributed by atoms with Gasteiger partial charge in [0, 0.05) is 13.2 Å². The number of allylic oxidation sites excluding steroid dienone is 2. The predicted molar refractivity (Wildman–Crippen MR) is 249 cm³/mol. The number of hydrogen-bond acceptors (Lipinski definition) is 6. The Bertz CT molecular complexity index is 1830. The molecule has 316 valence electrons. The van der Waals surface area contributed by atoms with E-state index in [0.717, 1.165) is 0 Å². The van der Waals surface area contributed by atoms with Crippen LogP contribution < -0.4 is 31.0 Å². The Balaban J connectivity index is 0.000000310. The van der Waals surface area contributed by atoms with Crippen LogP contribution in [-0.2, 0) is 28.9 Å². The molecule has 8 nitrogen and oxygen atoms in total. The van der Waals surface area contributed by atoms with Crippen molar-refractivity contribution in [2.75, 3.05) is 13.2 Å². The van der Waals surface area contributed by atoms with Crippen molar-refractivity contribution < 1.29 is 25.7 Å². The monoisotopic (exact) mass is 862 g/mol. The van der Waals surface area contributed by atoms with Crippen LogP contribution in [0.3, 0.4) is 0 Å². The van der Waals surface area contributed by atoms with Crippen molar-refractivity contribution in [2.45, 2.75) is 101 Å². The summed E-state index contributed by atoms with van der Waals surface area (Å²) in [6, 6.07) is 41.3. The first-order chi connectivity index (χ1) is 27.3. The molecule has 2 atom stereocenters. The van der Waals surface area contributed by atoms with Gasteiger partial charge in [-0.2, -0.15) is 0 Å². The molecule has 0 bridgehead atoms. The van der Waals surface area contributed by atoms with Crippen LogP contribution in [0, 0.1) is 0 Å². The summed E-state index contributed by atoms with van der Waals surface area (Å²) in [7, 11) is -12.6. The number of sulfonamides is 2. The summed E-state index contributed by atoms with van der Waals surface area (Å²) >= 11 is 0. The third-order valence-electron chi connectivity index (χ3n) is 10.7. The second-order valence-electron chi connectivity index (χ2n) is 16.8. The van der Waals surface area contributed by atoms with E-state index in [1.54, 1.807) is 12.2 Å². The van der Waals surface area contributed by atoms with E-state index in [-0.39, 0.29) is 10.1 Å². The van der Waals surface area contributed by atoms with Gasteiger partial charge in [-0.05, 0) is 69.3 Å². The van der Waals surface area contributed by atoms with E-state index < -0.39 is 47.2 Å². The SMILES string of the molecule is C=CCC[C@@H](CCO[Si](c1ccccc1)(c1ccccc1)C(C)(C)C)S(N)(=O)=O.C=CCC[C@H](CCO[Si](c1ccccc1)(c1ccccc1)C(C)(C)C)S(N)(=O)=O. The maximum absolute atomic E-state index is 12.0. The highest BCUT2D eigenvalue weighted by molar-refractivity contribution is 7.90. The fourth-order valence-corrected chi connectivity index (χ4v) is 18.7. The van der Waals surface area contributed by atoms with E-state index in [1.807, 2.05) is 72.8 Å². The second-order valence-corrected chi connectivity index (χ2v) is 29.1. The molecule has 0 unspecified atom stereocenters. The summed E-state index contributed by atoms with van der Waals surface area (Å²) < 4.78 is 61.6. The quantitative estimate of drug-likeness (QED) is 0.0715. The van der Waals surface area contributed by atoms with Gasteiger partial charge in [-0.3, -0.25) is 0 Å². The van der Waals surface area contributed by atoms with Crippen LogP contribution in [0.4, 0.5) is 0 Å². The normalized spacial score (nSPS) is 13.8. The molecule has 0 saturated heterocycles. The van der Waals surface area contributed by atoms with Gasteiger partial charge >= 0.3 is 0 Å². The zero-order chi connectivity index (χ0) is 43.1. The minimum Gasteiger partial charge on any atom is -0.407 e. The molecule has 0 saturated carbocycles. The van der Waals surface area contributed by atoms with Gasteiger partial charge in [-0.25, -0.2) is 27.1 Å². The van der Waals surface area contributed by atoms with Gasteiger partial charge < -0.3 is 8.85 Å². The zero-order valence-corrected chi connectivity index (χ0v) is 39.0. The predicted octanol–water partition coefficient (Wildman–Crippen LogP) is 7.15. The largest absolute Gasteiger partial charge is 0.407 e. The molecule has 0 aliphatic heterocycles. The lowest BCUT2D eigenvalue weighted by Gasteiger charge is -2.43. The zero-order valence-electron chi connectivity index (χ0n) is 35.3. The molecule has 4 N–H and O–H groups in total. The fraction of sp³-hybridized carbons (Fsp3) is 0.391. The van der Waals surface area contributed by atoms with Gasteiger partial charge in [-0.15, -0.1) is 13.2 Å². The van der Waals surface area contributed by atoms with Crippen LogP contribution in [0.1, 0.15) is 80.1 Å². The van der Waals surface area contributed by atoms with E-state index >= 15 is 0 Å². The molecule has 4 aromatic carbocycles. The van der Waals surface area contributed by atoms with Gasteiger partial charge in [0.25, 0.3) is 16.6 Å². The number of primary sulfonamides is 2. The number of benzene rings is 4. The lowest BCUT2D eigenvalue weighted by Crippen LogP contribution is -2.66. The molecule has 0 amide bonds. The number of rotatable bonds is 20. The average molecular weight is 863 g/mol. The van der Waals surface area contributed by atoms with Crippen molar-refractivity contribution in [3.05, 3.63) is 147 Å². The lowest BCUT2D eigenvalue weighted by atomic mass is 10.2. The third-order valence-corrected chi connectivity index (χ3v) is 23.6. The lowest BCUT2D eigenvalue weighted by molar-refractivity contribution is 0.287. The van der Waals surface area contributed by atoms with Crippen LogP contribution >= 0.6 is 0 Å². The smallest absolute Gasteiger partial charge is 0.261 e. The molecule has 4 rings (SSSR count). The molecule has 0 radical (unpaired) electrons. The van der Waals surface area contributed by atoms with Gasteiger partial charge in [0.05, 0.1) is 10.5 Å². The molecule has 0 fully saturated rings. The molecule has 0 heterocycles. The van der Waals surface area contributed by atoms with Crippen molar-refractivity contribution in [1.29, 1.82) is 0 Å². The molecular formula is C46H66N2O6S2Si2. The molecule has 0 aliphatic carbocycles. The fourth-order valence-electron chi connectivity index (χ4n) is 7.76. The Morgan fingerprint density at radius 2 is 0.741 bits per heavy atom. The summed E-state index contributed by atoms with van der Waals surface area (Å²) in [5, 5.41) is 14.1. The van der Waals surface area contributed by atoms with E-state index in [2.05, 4.69) is 103 Å². The van der Waals surface area contributed by atoms with Crippen molar-refractivity contribution in [3.63, 3.8) is 0 Å². The Morgan fingerprint density at radius 3 is 0.931 bits per heavy atom. The molecule has 0 spiro atoms. The van der Waals surface area contributed by atoms with Crippen LogP contribution in [0.15, 0.2) is 147 Å². The van der Waals surface area contributed by atoms with E-state index in [4.69, 9.17) is 19.1 Å². The minimum atomic E-state index is -3.63. The maximum Gasteiger partial charge on any atom is 0.261 e. The Morgan fingerprint density at radius 1 is 0.500 bits per heavy atom. The maximum atomic E-state index is 12.0. The van der Waals surface area contributed by atoms with Crippen LogP contribution in [0.2, 0.25) is 10.1 Å². The standard InChI is InChI=1S/2C23H33NO3SSi/c2*1-5-6-13-20(28(24,25)26)18-19-27-29(23(2,3)4,21-14-9-7-10-15-21)22-16-11-8-12-17-22/h2*5,7-12,14-17,20H,1,6,13,18-19H2,2-4H3,(H2,24,25,26)/t2*20-/m10/s1. The molecule has 0 aliphatic rings. The first-order valence-electron chi connectivity index (χ1n) is 20.0. The van der Waals surface area contributed by atoms with E-state index in [1.165, 1.54) is 20.7 Å². The highest BCUT2D eigenvalue weighted by Gasteiger charge is 2.51. The molecular weight excluding hydrogens is 797 g/mol. The van der Waals surface area contributed by atoms with Crippen LogP contribution in [0.5, 0.6) is 0 Å². The topological polar surface area (TPSA) is 139 Å². The highest BCUT2D eigenvalue weighted by atomic mass is 32.2. The van der Waals surface area contributed by atoms with Crippen molar-refractivity contribution in [1.82, 2.24) is 0 Å². The van der Waals surface area contributed by atoms with Crippen molar-refractivity contribution in [2.24, 2.45) is 10.3 Å². The Hall–Kier alpha value is -3.47. The molecule has 58 heavy (non-hydrogen) atoms. The third kappa shape index (κ3) is 12.8. The summed E-state index contributed by atoms with van der Waals surface area (Å²) in [5.41, 5.74) is 0. The van der Waals surface area contributed by atoms with E-state index in [9.17, 15) is 16.8 Å². The van der Waals surface area contributed by atoms with Crippen molar-refractivity contribution in [3.8, 4) is 0 Å². The first kappa shape index (κ1) is 48.9. The van der Waals surface area contributed by atoms with Crippen molar-refractivity contribution >= 4 is 57.4 Å². The first-order valence-corrected chi connectivity index (χ1v) is 27.0. The van der Waals surface area contributed by atoms with Gasteiger partial charge in [0.15, 0.2) is 0 Å². The van der Waals surface area contributed by atoms with Gasteiger partial charge in [-0.1, -0.05) is 175 Å². The van der Waals surface area contributed by atoms with Crippen LogP contribution in [-0.4, -0.2) is 57.2 Å². The van der Waals surface area contributed by atoms with Crippen LogP contribution in [0.25, 0.3) is 0 Å². The average Bonchev–Trinajstić information content (AvgIpc) is 3.17. The van der Waals surface area contributed by atoms with E-state index in [0.29, 0.717) is 51.7 Å². The summed E-state index contributed by atoms with van der Waals surface area (Å²) in [4.78, 5) is 0. The Kier molecular flexibility index (Phi) is 18.3. The summed E-state index contributed by atoms with van der Waals surface area (Å²) in [6.07, 6.45) is 6.34. The van der Waals surface area contributed by atoms with Gasteiger partial charge in [0.1, 0.15) is 0 Å². The number of hydrogen-bond donors (Lipinski definition) is 2. The Labute approximate surface area is 352 Å². The molecule has 0 aromatic heterocycles. The number of nitrogens with two attached hydrogens (primary N) is 2. The van der Waals surface area contributed by atoms with Gasteiger partial charge in [0.2, 0.25) is 20.0 Å². The minimum absolute atomic E-state index is 0.145. The molecule has 12 heteroatoms. The highest BCUT2D eigenvalue weighted by Crippen LogP contribution is 2.38. The summed E-state index contributed by atoms with van der Waals surface area (Å²) in [6.45, 7) is 21.3. The second kappa shape index (κ2) is 21.7. The molecule has 4 aromatic rings.